The maximum Gasteiger partial charge on any atom is 0.418 e. The van der Waals surface area contributed by atoms with Crippen LogP contribution in [-0.2, 0) is 9.53 Å². The summed E-state index contributed by atoms with van der Waals surface area (Å²) in [6.45, 7) is 4.75. The third-order valence-corrected chi connectivity index (χ3v) is 6.09. The minimum Gasteiger partial charge on any atom is -0.481 e. The number of nitrogens with zero attached hydrogens (tertiary/aromatic N) is 3. The Balaban J connectivity index is 1.24. The van der Waals surface area contributed by atoms with Crippen molar-refractivity contribution in [1.29, 1.82) is 5.41 Å². The molecule has 4 rings (SSSR count). The van der Waals surface area contributed by atoms with Crippen LogP contribution in [0.15, 0.2) is 54.6 Å². The Morgan fingerprint density at radius 1 is 1.03 bits per heavy atom. The maximum absolute atomic E-state index is 12.5. The molecule has 0 bridgehead atoms. The molecule has 2 heterocycles. The van der Waals surface area contributed by atoms with Gasteiger partial charge < -0.3 is 19.5 Å². The first-order valence-corrected chi connectivity index (χ1v) is 11.7. The minimum atomic E-state index is -0.790. The van der Waals surface area contributed by atoms with E-state index in [-0.39, 0.29) is 18.4 Å². The van der Waals surface area contributed by atoms with Crippen LogP contribution in [0.3, 0.4) is 0 Å². The number of carbonyl (C=O) groups excluding carboxylic acids is 2. The molecule has 3 N–H and O–H groups in total. The van der Waals surface area contributed by atoms with Gasteiger partial charge in [0, 0.05) is 50.5 Å². The topological polar surface area (TPSA) is 136 Å². The van der Waals surface area contributed by atoms with Crippen molar-refractivity contribution >= 4 is 29.7 Å². The van der Waals surface area contributed by atoms with Gasteiger partial charge in [0.25, 0.3) is 0 Å². The molecule has 2 amide bonds. The molecule has 2 saturated heterocycles. The van der Waals surface area contributed by atoms with Gasteiger partial charge in [0.2, 0.25) is 0 Å². The second kappa shape index (κ2) is 11.6. The van der Waals surface area contributed by atoms with E-state index in [0.717, 1.165) is 26.2 Å². The second-order valence-electron chi connectivity index (χ2n) is 8.65. The number of carboxylic acid groups (broad SMARTS) is 1. The summed E-state index contributed by atoms with van der Waals surface area (Å²) in [5.74, 6) is -0.533. The first-order chi connectivity index (χ1) is 17.4. The molecule has 2 aliphatic heterocycles. The lowest BCUT2D eigenvalue weighted by Gasteiger charge is -2.35. The van der Waals surface area contributed by atoms with Gasteiger partial charge in [0.1, 0.15) is 17.7 Å². The van der Waals surface area contributed by atoms with Crippen LogP contribution in [0.25, 0.3) is 0 Å². The number of rotatable bonds is 8. The third-order valence-electron chi connectivity index (χ3n) is 6.09. The van der Waals surface area contributed by atoms with Crippen molar-refractivity contribution in [3.8, 4) is 5.75 Å². The Morgan fingerprint density at radius 3 is 2.36 bits per heavy atom. The number of amides is 2. The molecule has 190 valence electrons. The van der Waals surface area contributed by atoms with Gasteiger partial charge in [-0.2, -0.15) is 0 Å². The summed E-state index contributed by atoms with van der Waals surface area (Å²) in [4.78, 5) is 41.1. The van der Waals surface area contributed by atoms with Crippen LogP contribution in [0.1, 0.15) is 12.0 Å². The zero-order valence-corrected chi connectivity index (χ0v) is 19.8. The molecular formula is C25H29N5O6. The van der Waals surface area contributed by atoms with Gasteiger partial charge in [-0.25, -0.2) is 9.59 Å². The summed E-state index contributed by atoms with van der Waals surface area (Å²) in [6.07, 6.45) is -1.31. The third kappa shape index (κ3) is 6.80. The number of anilines is 1. The molecule has 0 radical (unpaired) electrons. The first kappa shape index (κ1) is 25.1. The summed E-state index contributed by atoms with van der Waals surface area (Å²) in [5, 5.41) is 19.4. The van der Waals surface area contributed by atoms with Crippen LogP contribution in [0.5, 0.6) is 5.75 Å². The quantitative estimate of drug-likeness (QED) is 0.375. The Labute approximate surface area is 208 Å². The molecule has 2 aromatic rings. The molecule has 0 aliphatic carbocycles. The highest BCUT2D eigenvalue weighted by Crippen LogP contribution is 2.23. The van der Waals surface area contributed by atoms with E-state index < -0.39 is 18.2 Å². The van der Waals surface area contributed by atoms with Crippen molar-refractivity contribution in [2.75, 3.05) is 50.7 Å². The van der Waals surface area contributed by atoms with Crippen molar-refractivity contribution in [3.63, 3.8) is 0 Å². The smallest absolute Gasteiger partial charge is 0.418 e. The van der Waals surface area contributed by atoms with E-state index in [1.807, 2.05) is 0 Å². The predicted molar refractivity (Wildman–Crippen MR) is 132 cm³/mol. The van der Waals surface area contributed by atoms with E-state index in [2.05, 4.69) is 15.1 Å². The number of ether oxygens (including phenoxy) is 2. The number of benzene rings is 2. The summed E-state index contributed by atoms with van der Waals surface area (Å²) in [5.41, 5.74) is 1.11. The molecule has 0 aromatic heterocycles. The van der Waals surface area contributed by atoms with E-state index >= 15 is 0 Å². The van der Waals surface area contributed by atoms with Gasteiger partial charge in [0.15, 0.2) is 0 Å². The first-order valence-electron chi connectivity index (χ1n) is 11.7. The van der Waals surface area contributed by atoms with Crippen LogP contribution in [0.2, 0.25) is 0 Å². The average molecular weight is 496 g/mol. The Bertz CT molecular complexity index is 1090. The van der Waals surface area contributed by atoms with Crippen molar-refractivity contribution < 1.29 is 29.0 Å². The van der Waals surface area contributed by atoms with E-state index in [9.17, 15) is 14.4 Å². The van der Waals surface area contributed by atoms with Crippen molar-refractivity contribution in [3.05, 3.63) is 60.2 Å². The summed E-state index contributed by atoms with van der Waals surface area (Å²) in [6, 6.07) is 15.3. The van der Waals surface area contributed by atoms with Gasteiger partial charge in [-0.1, -0.05) is 18.2 Å². The molecule has 11 heteroatoms. The van der Waals surface area contributed by atoms with Crippen LogP contribution < -0.4 is 15.0 Å². The highest BCUT2D eigenvalue weighted by Gasteiger charge is 2.34. The highest BCUT2D eigenvalue weighted by atomic mass is 16.6. The molecular weight excluding hydrogens is 466 g/mol. The second-order valence-corrected chi connectivity index (χ2v) is 8.65. The number of cyclic esters (lactones) is 1. The zero-order chi connectivity index (χ0) is 25.5. The molecule has 11 nitrogen and oxygen atoms in total. The van der Waals surface area contributed by atoms with Gasteiger partial charge in [-0.05, 0) is 36.4 Å². The molecule has 36 heavy (non-hydrogen) atoms. The van der Waals surface area contributed by atoms with Crippen LogP contribution in [0, 0.1) is 5.41 Å². The van der Waals surface area contributed by atoms with Gasteiger partial charge in [-0.3, -0.25) is 25.3 Å². The summed E-state index contributed by atoms with van der Waals surface area (Å²) >= 11 is 0. The van der Waals surface area contributed by atoms with Crippen molar-refractivity contribution in [1.82, 2.24) is 15.1 Å². The number of hydrogen-bond acceptors (Lipinski definition) is 8. The fourth-order valence-corrected chi connectivity index (χ4v) is 4.17. The summed E-state index contributed by atoms with van der Waals surface area (Å²) in [7, 11) is 0. The van der Waals surface area contributed by atoms with Crippen LogP contribution in [-0.4, -0.2) is 90.8 Å². The Hall–Kier alpha value is -3.96. The monoisotopic (exact) mass is 495 g/mol. The molecule has 0 saturated carbocycles. The Kier molecular flexibility index (Phi) is 8.13. The van der Waals surface area contributed by atoms with E-state index in [4.69, 9.17) is 20.0 Å². The SMILES string of the molecule is N=C(NC(=O)Oc1ccccc1)c1ccc(N2CC(CN3CCN(CCC(=O)O)CC3)OC2=O)cc1. The molecule has 2 aromatic carbocycles. The van der Waals surface area contributed by atoms with E-state index in [1.54, 1.807) is 59.5 Å². The number of aliphatic carboxylic acids is 1. The number of nitrogens with one attached hydrogen (secondary N) is 2. The molecule has 2 fully saturated rings. The summed E-state index contributed by atoms with van der Waals surface area (Å²) < 4.78 is 10.7. The standard InChI is InChI=1S/C25H29N5O6/c26-23(27-24(33)35-20-4-2-1-3-5-20)18-6-8-19(9-7-18)30-17-21(36-25(30)34)16-29-14-12-28(13-15-29)11-10-22(31)32/h1-9,21H,10-17H2,(H,31,32)(H2,26,27,33). The van der Waals surface area contributed by atoms with E-state index in [1.165, 1.54) is 0 Å². The van der Waals surface area contributed by atoms with E-state index in [0.29, 0.717) is 36.6 Å². The van der Waals surface area contributed by atoms with Gasteiger partial charge in [-0.15, -0.1) is 0 Å². The van der Waals surface area contributed by atoms with Crippen LogP contribution >= 0.6 is 0 Å². The molecule has 2 aliphatic rings. The lowest BCUT2D eigenvalue weighted by molar-refractivity contribution is -0.137. The lowest BCUT2D eigenvalue weighted by atomic mass is 10.1. The van der Waals surface area contributed by atoms with Crippen molar-refractivity contribution in [2.45, 2.75) is 12.5 Å². The fraction of sp³-hybridized carbons (Fsp3) is 0.360. The number of piperazine rings is 1. The largest absolute Gasteiger partial charge is 0.481 e. The molecule has 1 unspecified atom stereocenters. The molecule has 0 spiro atoms. The van der Waals surface area contributed by atoms with Crippen molar-refractivity contribution in [2.24, 2.45) is 0 Å². The van der Waals surface area contributed by atoms with Crippen LogP contribution in [0.4, 0.5) is 15.3 Å². The number of hydrogen-bond donors (Lipinski definition) is 3. The average Bonchev–Trinajstić information content (AvgIpc) is 3.24. The number of carbonyl (C=O) groups is 3. The fourth-order valence-electron chi connectivity index (χ4n) is 4.17. The zero-order valence-electron chi connectivity index (χ0n) is 19.8. The lowest BCUT2D eigenvalue weighted by Crippen LogP contribution is -2.49. The van der Waals surface area contributed by atoms with Gasteiger partial charge >= 0.3 is 18.2 Å². The number of carboxylic acids is 1. The number of amidine groups is 1. The highest BCUT2D eigenvalue weighted by molar-refractivity contribution is 6.05. The predicted octanol–water partition coefficient (Wildman–Crippen LogP) is 2.22. The molecule has 1 atom stereocenters. The minimum absolute atomic E-state index is 0.119. The Morgan fingerprint density at radius 2 is 1.69 bits per heavy atom. The number of para-hydroxylation sites is 1. The normalized spacial score (nSPS) is 18.5. The maximum atomic E-state index is 12.5. The van der Waals surface area contributed by atoms with Gasteiger partial charge in [0.05, 0.1) is 13.0 Å².